The molecule has 2 aromatic rings. The van der Waals surface area contributed by atoms with E-state index in [-0.39, 0.29) is 12.3 Å². The van der Waals surface area contributed by atoms with Crippen LogP contribution in [0.25, 0.3) is 0 Å². The normalized spacial score (nSPS) is 17.9. The minimum Gasteiger partial charge on any atom is -0.493 e. The van der Waals surface area contributed by atoms with E-state index in [0.717, 1.165) is 69.0 Å². The van der Waals surface area contributed by atoms with Crippen LogP contribution in [0.1, 0.15) is 56.2 Å². The van der Waals surface area contributed by atoms with Gasteiger partial charge in [0.05, 0.1) is 19.4 Å². The fourth-order valence-electron chi connectivity index (χ4n) is 5.50. The van der Waals surface area contributed by atoms with Crippen molar-refractivity contribution in [2.45, 2.75) is 58.9 Å². The number of likely N-dealkylation sites (tertiary alicyclic amines) is 2. The van der Waals surface area contributed by atoms with Gasteiger partial charge in [-0.1, -0.05) is 56.3 Å². The summed E-state index contributed by atoms with van der Waals surface area (Å²) < 4.78 is 6.06. The molecule has 0 aromatic heterocycles. The summed E-state index contributed by atoms with van der Waals surface area (Å²) in [6.45, 7) is 9.82. The molecule has 2 aliphatic rings. The first-order chi connectivity index (χ1) is 17.3. The summed E-state index contributed by atoms with van der Waals surface area (Å²) >= 11 is 0. The monoisotopic (exact) mass is 492 g/mol. The Hall–Kier alpha value is -2.86. The number of nitrogens with zero attached hydrogens (tertiary/aromatic N) is 2. The molecular weight excluding hydrogens is 452 g/mol. The molecule has 0 saturated carbocycles. The van der Waals surface area contributed by atoms with Gasteiger partial charge in [-0.2, -0.15) is 0 Å². The second-order valence-corrected chi connectivity index (χ2v) is 11.0. The number of carboxylic acid groups (broad SMARTS) is 1. The first-order valence-electron chi connectivity index (χ1n) is 13.3. The van der Waals surface area contributed by atoms with E-state index < -0.39 is 5.97 Å². The number of ether oxygens (including phenoxy) is 1. The molecule has 1 spiro atoms. The summed E-state index contributed by atoms with van der Waals surface area (Å²) in [6, 6.07) is 15.8. The molecule has 0 unspecified atom stereocenters. The van der Waals surface area contributed by atoms with Crippen molar-refractivity contribution in [1.82, 2.24) is 9.80 Å². The lowest BCUT2D eigenvalue weighted by Gasteiger charge is -2.47. The van der Waals surface area contributed by atoms with Crippen LogP contribution in [-0.4, -0.2) is 59.6 Å². The van der Waals surface area contributed by atoms with Gasteiger partial charge in [0.2, 0.25) is 5.91 Å². The molecule has 36 heavy (non-hydrogen) atoms. The van der Waals surface area contributed by atoms with Crippen LogP contribution in [0.5, 0.6) is 5.75 Å². The minimum absolute atomic E-state index is 0.0121. The van der Waals surface area contributed by atoms with Crippen LogP contribution in [0.4, 0.5) is 0 Å². The largest absolute Gasteiger partial charge is 0.493 e. The molecule has 1 N–H and O–H groups in total. The Morgan fingerprint density at radius 3 is 2.22 bits per heavy atom. The van der Waals surface area contributed by atoms with Gasteiger partial charge in [0.1, 0.15) is 5.75 Å². The summed E-state index contributed by atoms with van der Waals surface area (Å²) in [5.74, 6) is 0.807. The first kappa shape index (κ1) is 26.2. The zero-order valence-electron chi connectivity index (χ0n) is 21.7. The quantitative estimate of drug-likeness (QED) is 0.545. The van der Waals surface area contributed by atoms with Crippen molar-refractivity contribution in [1.29, 1.82) is 0 Å². The second-order valence-electron chi connectivity index (χ2n) is 11.0. The Labute approximate surface area is 215 Å². The number of hydrogen-bond donors (Lipinski definition) is 1. The van der Waals surface area contributed by atoms with Crippen LogP contribution >= 0.6 is 0 Å². The Balaban J connectivity index is 1.25. The molecular formula is C30H40N2O4. The fraction of sp³-hybridized carbons (Fsp3) is 0.533. The molecule has 2 fully saturated rings. The Morgan fingerprint density at radius 2 is 1.56 bits per heavy atom. The zero-order chi connectivity index (χ0) is 25.5. The topological polar surface area (TPSA) is 70.1 Å². The number of para-hydroxylation sites is 1. The average Bonchev–Trinajstić information content (AvgIpc) is 2.85. The maximum absolute atomic E-state index is 12.9. The Bertz CT molecular complexity index is 1030. The molecule has 2 aromatic carbocycles. The second kappa shape index (κ2) is 11.9. The van der Waals surface area contributed by atoms with E-state index in [1.54, 1.807) is 6.07 Å². The van der Waals surface area contributed by atoms with E-state index in [1.807, 2.05) is 29.2 Å². The number of rotatable bonds is 9. The number of carboxylic acids is 1. The summed E-state index contributed by atoms with van der Waals surface area (Å²) in [5.41, 5.74) is 3.25. The van der Waals surface area contributed by atoms with Gasteiger partial charge in [-0.3, -0.25) is 14.5 Å². The number of benzene rings is 2. The highest BCUT2D eigenvalue weighted by Crippen LogP contribution is 2.41. The van der Waals surface area contributed by atoms with Crippen molar-refractivity contribution in [2.24, 2.45) is 11.3 Å². The predicted octanol–water partition coefficient (Wildman–Crippen LogP) is 4.80. The van der Waals surface area contributed by atoms with Crippen molar-refractivity contribution in [3.63, 3.8) is 0 Å². The lowest BCUT2D eigenvalue weighted by Crippen LogP contribution is -2.48. The van der Waals surface area contributed by atoms with Crippen LogP contribution in [0, 0.1) is 11.3 Å². The molecule has 2 saturated heterocycles. The van der Waals surface area contributed by atoms with Gasteiger partial charge in [-0.05, 0) is 67.3 Å². The highest BCUT2D eigenvalue weighted by molar-refractivity contribution is 5.79. The third-order valence-electron chi connectivity index (χ3n) is 7.73. The van der Waals surface area contributed by atoms with E-state index in [4.69, 9.17) is 9.84 Å². The third kappa shape index (κ3) is 7.10. The molecule has 2 aliphatic heterocycles. The molecule has 1 amide bonds. The van der Waals surface area contributed by atoms with E-state index >= 15 is 0 Å². The van der Waals surface area contributed by atoms with Gasteiger partial charge >= 0.3 is 5.97 Å². The maximum Gasteiger partial charge on any atom is 0.307 e. The standard InChI is InChI=1S/C30H40N2O4/c1-23(2)22-36-27-9-4-3-8-26(27)21-31-14-10-30(11-15-31)12-16-32(17-13-30)28(33)19-24-6-5-7-25(18-24)20-29(34)35/h3-9,18,23H,10-17,19-22H2,1-2H3,(H,34,35). The van der Waals surface area contributed by atoms with Gasteiger partial charge in [0.15, 0.2) is 0 Å². The number of amides is 1. The number of carbonyl (C=O) groups excluding carboxylic acids is 1. The number of aliphatic carboxylic acids is 1. The molecule has 0 radical (unpaired) electrons. The van der Waals surface area contributed by atoms with Gasteiger partial charge < -0.3 is 14.7 Å². The molecule has 2 heterocycles. The van der Waals surface area contributed by atoms with Gasteiger partial charge in [-0.15, -0.1) is 0 Å². The molecule has 6 nitrogen and oxygen atoms in total. The van der Waals surface area contributed by atoms with Crippen molar-refractivity contribution in [3.8, 4) is 5.75 Å². The highest BCUT2D eigenvalue weighted by Gasteiger charge is 2.38. The zero-order valence-corrected chi connectivity index (χ0v) is 21.7. The van der Waals surface area contributed by atoms with Crippen LogP contribution in [0.15, 0.2) is 48.5 Å². The lowest BCUT2D eigenvalue weighted by atomic mass is 9.71. The summed E-state index contributed by atoms with van der Waals surface area (Å²) in [4.78, 5) is 28.5. The molecule has 194 valence electrons. The third-order valence-corrected chi connectivity index (χ3v) is 7.73. The SMILES string of the molecule is CC(C)COc1ccccc1CN1CCC2(CC1)CCN(C(=O)Cc1cccc(CC(=O)O)c1)CC2. The van der Waals surface area contributed by atoms with Crippen LogP contribution in [0.2, 0.25) is 0 Å². The average molecular weight is 493 g/mol. The maximum atomic E-state index is 12.9. The van der Waals surface area contributed by atoms with Crippen molar-refractivity contribution < 1.29 is 19.4 Å². The van der Waals surface area contributed by atoms with Crippen LogP contribution in [-0.2, 0) is 29.0 Å². The smallest absolute Gasteiger partial charge is 0.307 e. The Morgan fingerprint density at radius 1 is 0.917 bits per heavy atom. The highest BCUT2D eigenvalue weighted by atomic mass is 16.5. The van der Waals surface area contributed by atoms with Crippen LogP contribution in [0.3, 0.4) is 0 Å². The van der Waals surface area contributed by atoms with E-state index in [1.165, 1.54) is 18.4 Å². The molecule has 4 rings (SSSR count). The van der Waals surface area contributed by atoms with Gasteiger partial charge in [0.25, 0.3) is 0 Å². The van der Waals surface area contributed by atoms with E-state index in [9.17, 15) is 9.59 Å². The molecule has 6 heteroatoms. The van der Waals surface area contributed by atoms with Crippen molar-refractivity contribution in [3.05, 3.63) is 65.2 Å². The Kier molecular flexibility index (Phi) is 8.68. The number of carbonyl (C=O) groups is 2. The summed E-state index contributed by atoms with van der Waals surface area (Å²) in [7, 11) is 0. The van der Waals surface area contributed by atoms with Crippen molar-refractivity contribution in [2.75, 3.05) is 32.8 Å². The number of hydrogen-bond acceptors (Lipinski definition) is 4. The van der Waals surface area contributed by atoms with Crippen LogP contribution < -0.4 is 4.74 Å². The fourth-order valence-corrected chi connectivity index (χ4v) is 5.50. The predicted molar refractivity (Wildman–Crippen MR) is 141 cm³/mol. The lowest BCUT2D eigenvalue weighted by molar-refractivity contribution is -0.136. The number of piperidine rings is 2. The molecule has 0 aliphatic carbocycles. The van der Waals surface area contributed by atoms with E-state index in [2.05, 4.69) is 36.9 Å². The first-order valence-corrected chi connectivity index (χ1v) is 13.3. The van der Waals surface area contributed by atoms with Gasteiger partial charge in [0, 0.05) is 25.2 Å². The summed E-state index contributed by atoms with van der Waals surface area (Å²) in [6.07, 6.45) is 4.83. The van der Waals surface area contributed by atoms with E-state index in [0.29, 0.717) is 17.8 Å². The molecule has 0 bridgehead atoms. The van der Waals surface area contributed by atoms with Crippen molar-refractivity contribution >= 4 is 11.9 Å². The minimum atomic E-state index is -0.852. The summed E-state index contributed by atoms with van der Waals surface area (Å²) in [5, 5.41) is 9.02. The van der Waals surface area contributed by atoms with Gasteiger partial charge in [-0.25, -0.2) is 0 Å². The molecule has 0 atom stereocenters.